The topological polar surface area (TPSA) is 98.9 Å². The van der Waals surface area contributed by atoms with Crippen LogP contribution in [-0.4, -0.2) is 30.3 Å². The Bertz CT molecular complexity index is 1010. The lowest BCUT2D eigenvalue weighted by molar-refractivity contribution is -0.120. The Balaban J connectivity index is 1.87. The Kier molecular flexibility index (Phi) is 6.46. The standard InChI is InChI=1S/C20H17ClN2O5S/c1-2-27-16-8-12(6-7-15(16)28-11-18(22)24)9-17-19(25)23(20(26)29-17)14-5-3-4-13(21)10-14/h3-10H,2,11H2,1H3,(H2,22,24)/b17-9+. The van der Waals surface area contributed by atoms with E-state index in [2.05, 4.69) is 0 Å². The molecule has 2 N–H and O–H groups in total. The number of carbonyl (C=O) groups is 3. The maximum Gasteiger partial charge on any atom is 0.298 e. The van der Waals surface area contributed by atoms with Crippen molar-refractivity contribution in [1.29, 1.82) is 0 Å². The third-order valence-electron chi connectivity index (χ3n) is 3.80. The van der Waals surface area contributed by atoms with Crippen LogP contribution in [0.3, 0.4) is 0 Å². The minimum atomic E-state index is -0.605. The van der Waals surface area contributed by atoms with Crippen LogP contribution in [-0.2, 0) is 9.59 Å². The van der Waals surface area contributed by atoms with E-state index in [1.807, 2.05) is 0 Å². The molecule has 3 rings (SSSR count). The summed E-state index contributed by atoms with van der Waals surface area (Å²) in [4.78, 5) is 37.4. The lowest BCUT2D eigenvalue weighted by Gasteiger charge is -2.12. The van der Waals surface area contributed by atoms with Crippen molar-refractivity contribution in [3.63, 3.8) is 0 Å². The van der Waals surface area contributed by atoms with Crippen molar-refractivity contribution in [1.82, 2.24) is 0 Å². The maximum atomic E-state index is 12.8. The van der Waals surface area contributed by atoms with Gasteiger partial charge in [-0.2, -0.15) is 0 Å². The molecule has 1 aliphatic rings. The number of anilines is 1. The molecule has 0 aliphatic carbocycles. The number of imide groups is 1. The number of nitrogens with two attached hydrogens (primary N) is 1. The second-order valence-electron chi connectivity index (χ2n) is 5.89. The monoisotopic (exact) mass is 432 g/mol. The highest BCUT2D eigenvalue weighted by atomic mass is 35.5. The van der Waals surface area contributed by atoms with Crippen LogP contribution in [0.25, 0.3) is 6.08 Å². The first kappa shape index (κ1) is 20.8. The Hall–Kier alpha value is -2.97. The van der Waals surface area contributed by atoms with Crippen LogP contribution in [0, 0.1) is 0 Å². The van der Waals surface area contributed by atoms with Gasteiger partial charge in [0.2, 0.25) is 0 Å². The van der Waals surface area contributed by atoms with Gasteiger partial charge < -0.3 is 15.2 Å². The number of nitrogens with zero attached hydrogens (tertiary/aromatic N) is 1. The van der Waals surface area contributed by atoms with E-state index in [1.165, 1.54) is 0 Å². The molecule has 0 bridgehead atoms. The van der Waals surface area contributed by atoms with Gasteiger partial charge in [0.05, 0.1) is 17.2 Å². The number of rotatable bonds is 7. The van der Waals surface area contributed by atoms with E-state index in [0.717, 1.165) is 16.7 Å². The molecule has 9 heteroatoms. The van der Waals surface area contributed by atoms with E-state index in [-0.39, 0.29) is 11.5 Å². The highest BCUT2D eigenvalue weighted by molar-refractivity contribution is 8.19. The minimum Gasteiger partial charge on any atom is -0.490 e. The number of primary amides is 1. The molecule has 0 atom stereocenters. The van der Waals surface area contributed by atoms with Gasteiger partial charge in [-0.15, -0.1) is 0 Å². The first-order valence-corrected chi connectivity index (χ1v) is 9.80. The molecule has 1 aliphatic heterocycles. The number of hydrogen-bond donors (Lipinski definition) is 1. The first-order chi connectivity index (χ1) is 13.9. The van der Waals surface area contributed by atoms with Crippen molar-refractivity contribution in [2.45, 2.75) is 6.92 Å². The molecule has 0 unspecified atom stereocenters. The van der Waals surface area contributed by atoms with E-state index in [1.54, 1.807) is 55.5 Å². The third-order valence-corrected chi connectivity index (χ3v) is 4.90. The quantitative estimate of drug-likeness (QED) is 0.667. The van der Waals surface area contributed by atoms with Gasteiger partial charge in [0, 0.05) is 5.02 Å². The van der Waals surface area contributed by atoms with E-state index < -0.39 is 17.1 Å². The zero-order valence-electron chi connectivity index (χ0n) is 15.4. The molecule has 0 saturated carbocycles. The third kappa shape index (κ3) is 4.90. The molecule has 29 heavy (non-hydrogen) atoms. The molecule has 1 fully saturated rings. The van der Waals surface area contributed by atoms with Gasteiger partial charge in [-0.1, -0.05) is 23.7 Å². The zero-order chi connectivity index (χ0) is 21.0. The fourth-order valence-corrected chi connectivity index (χ4v) is 3.63. The van der Waals surface area contributed by atoms with Crippen molar-refractivity contribution in [2.24, 2.45) is 5.73 Å². The number of hydrogen-bond acceptors (Lipinski definition) is 6. The van der Waals surface area contributed by atoms with Crippen LogP contribution in [0.1, 0.15) is 12.5 Å². The fourth-order valence-electron chi connectivity index (χ4n) is 2.61. The summed E-state index contributed by atoms with van der Waals surface area (Å²) in [6, 6.07) is 11.5. The predicted molar refractivity (Wildman–Crippen MR) is 112 cm³/mol. The normalized spacial score (nSPS) is 15.1. The summed E-state index contributed by atoms with van der Waals surface area (Å²) in [5.74, 6) is -0.285. The Morgan fingerprint density at radius 2 is 1.97 bits per heavy atom. The summed E-state index contributed by atoms with van der Waals surface area (Å²) in [6.07, 6.45) is 1.59. The Labute approximate surface area is 176 Å². The average Bonchev–Trinajstić information content (AvgIpc) is 2.94. The summed E-state index contributed by atoms with van der Waals surface area (Å²) in [5.41, 5.74) is 6.15. The molecule has 150 valence electrons. The van der Waals surface area contributed by atoms with Crippen molar-refractivity contribution in [3.05, 3.63) is 58.0 Å². The smallest absolute Gasteiger partial charge is 0.298 e. The SMILES string of the molecule is CCOc1cc(/C=C2/SC(=O)N(c3cccc(Cl)c3)C2=O)ccc1OCC(N)=O. The van der Waals surface area contributed by atoms with E-state index in [4.69, 9.17) is 26.8 Å². The summed E-state index contributed by atoms with van der Waals surface area (Å²) < 4.78 is 10.9. The predicted octanol–water partition coefficient (Wildman–Crippen LogP) is 3.84. The molecule has 2 aromatic rings. The number of halogens is 1. The van der Waals surface area contributed by atoms with Gasteiger partial charge in [0.15, 0.2) is 18.1 Å². The van der Waals surface area contributed by atoms with Crippen LogP contribution in [0.5, 0.6) is 11.5 Å². The summed E-state index contributed by atoms with van der Waals surface area (Å²) in [7, 11) is 0. The van der Waals surface area contributed by atoms with Crippen LogP contribution in [0.15, 0.2) is 47.4 Å². The lowest BCUT2D eigenvalue weighted by Crippen LogP contribution is -2.27. The Morgan fingerprint density at radius 3 is 2.66 bits per heavy atom. The van der Waals surface area contributed by atoms with Crippen molar-refractivity contribution in [2.75, 3.05) is 18.1 Å². The lowest BCUT2D eigenvalue weighted by atomic mass is 10.1. The van der Waals surface area contributed by atoms with Gasteiger partial charge in [-0.25, -0.2) is 4.90 Å². The Morgan fingerprint density at radius 1 is 1.17 bits per heavy atom. The molecule has 0 spiro atoms. The second kappa shape index (κ2) is 9.02. The van der Waals surface area contributed by atoms with Crippen LogP contribution >= 0.6 is 23.4 Å². The van der Waals surface area contributed by atoms with Crippen molar-refractivity contribution < 1.29 is 23.9 Å². The number of carbonyl (C=O) groups excluding carboxylic acids is 3. The average molecular weight is 433 g/mol. The van der Waals surface area contributed by atoms with E-state index in [9.17, 15) is 14.4 Å². The number of thioether (sulfide) groups is 1. The van der Waals surface area contributed by atoms with Crippen molar-refractivity contribution in [3.8, 4) is 11.5 Å². The van der Waals surface area contributed by atoms with Gasteiger partial charge in [-0.05, 0) is 60.7 Å². The zero-order valence-corrected chi connectivity index (χ0v) is 17.0. The molecule has 1 saturated heterocycles. The van der Waals surface area contributed by atoms with Crippen molar-refractivity contribution >= 4 is 52.2 Å². The number of ether oxygens (including phenoxy) is 2. The summed E-state index contributed by atoms with van der Waals surface area (Å²) in [6.45, 7) is 1.90. The first-order valence-electron chi connectivity index (χ1n) is 8.60. The second-order valence-corrected chi connectivity index (χ2v) is 7.32. The number of amides is 3. The highest BCUT2D eigenvalue weighted by Gasteiger charge is 2.36. The molecule has 0 radical (unpaired) electrons. The summed E-state index contributed by atoms with van der Waals surface area (Å²) in [5, 5.41) is 0.0217. The van der Waals surface area contributed by atoms with Crippen LogP contribution in [0.4, 0.5) is 10.5 Å². The molecular formula is C20H17ClN2O5S. The highest BCUT2D eigenvalue weighted by Crippen LogP contribution is 2.37. The summed E-state index contributed by atoms with van der Waals surface area (Å²) >= 11 is 6.80. The molecule has 2 aromatic carbocycles. The van der Waals surface area contributed by atoms with Gasteiger partial charge in [0.1, 0.15) is 0 Å². The van der Waals surface area contributed by atoms with Crippen LogP contribution in [0.2, 0.25) is 5.02 Å². The van der Waals surface area contributed by atoms with Gasteiger partial charge in [0.25, 0.3) is 17.1 Å². The molecule has 1 heterocycles. The molecule has 7 nitrogen and oxygen atoms in total. The molecular weight excluding hydrogens is 416 g/mol. The van der Waals surface area contributed by atoms with Crippen LogP contribution < -0.4 is 20.1 Å². The number of benzene rings is 2. The van der Waals surface area contributed by atoms with Gasteiger partial charge in [-0.3, -0.25) is 14.4 Å². The largest absolute Gasteiger partial charge is 0.490 e. The minimum absolute atomic E-state index is 0.267. The van der Waals surface area contributed by atoms with E-state index in [0.29, 0.717) is 34.4 Å². The molecule has 0 aromatic heterocycles. The fraction of sp³-hybridized carbons (Fsp3) is 0.150. The molecule has 3 amide bonds. The van der Waals surface area contributed by atoms with E-state index >= 15 is 0 Å². The maximum absolute atomic E-state index is 12.8. The van der Waals surface area contributed by atoms with Gasteiger partial charge >= 0.3 is 0 Å².